The molecular formula is C13H14N6OS. The molecule has 3 aromatic heterocycles. The average molecular weight is 302 g/mol. The van der Waals surface area contributed by atoms with Crippen LogP contribution in [0.2, 0.25) is 0 Å². The van der Waals surface area contributed by atoms with Gasteiger partial charge in [-0.25, -0.2) is 4.98 Å². The summed E-state index contributed by atoms with van der Waals surface area (Å²) in [6.07, 6.45) is 2.13. The third kappa shape index (κ3) is 3.00. The second-order valence-electron chi connectivity index (χ2n) is 4.48. The van der Waals surface area contributed by atoms with E-state index in [9.17, 15) is 4.79 Å². The molecule has 21 heavy (non-hydrogen) atoms. The van der Waals surface area contributed by atoms with Gasteiger partial charge in [0.1, 0.15) is 17.8 Å². The Morgan fingerprint density at radius 3 is 3.14 bits per heavy atom. The van der Waals surface area contributed by atoms with Crippen molar-refractivity contribution in [3.63, 3.8) is 0 Å². The van der Waals surface area contributed by atoms with Gasteiger partial charge in [0, 0.05) is 31.0 Å². The van der Waals surface area contributed by atoms with Crippen LogP contribution in [0.3, 0.4) is 0 Å². The highest BCUT2D eigenvalue weighted by Crippen LogP contribution is 2.20. The fourth-order valence-corrected chi connectivity index (χ4v) is 2.58. The van der Waals surface area contributed by atoms with Crippen LogP contribution in [0.25, 0.3) is 11.3 Å². The van der Waals surface area contributed by atoms with E-state index in [0.717, 1.165) is 17.1 Å². The maximum Gasteiger partial charge on any atom is 0.269 e. The molecule has 0 bridgehead atoms. The summed E-state index contributed by atoms with van der Waals surface area (Å²) in [4.78, 5) is 16.1. The fourth-order valence-electron chi connectivity index (χ4n) is 1.93. The highest BCUT2D eigenvalue weighted by atomic mass is 32.1. The number of hydrogen-bond acceptors (Lipinski definition) is 5. The number of aromatic amines is 1. The SMILES string of the molecule is Cn1ncnc1CCNC(=O)c1cc(-c2ccsc2)n[nH]1. The summed E-state index contributed by atoms with van der Waals surface area (Å²) in [7, 11) is 1.83. The van der Waals surface area contributed by atoms with Crippen molar-refractivity contribution in [1.29, 1.82) is 0 Å². The van der Waals surface area contributed by atoms with Crippen LogP contribution in [0.5, 0.6) is 0 Å². The van der Waals surface area contributed by atoms with E-state index in [1.54, 1.807) is 22.1 Å². The molecule has 3 aromatic rings. The number of rotatable bonds is 5. The zero-order valence-electron chi connectivity index (χ0n) is 11.4. The number of carbonyl (C=O) groups is 1. The Balaban J connectivity index is 1.57. The van der Waals surface area contributed by atoms with E-state index in [1.165, 1.54) is 6.33 Å². The van der Waals surface area contributed by atoms with Gasteiger partial charge < -0.3 is 5.32 Å². The third-order valence-electron chi connectivity index (χ3n) is 3.08. The van der Waals surface area contributed by atoms with E-state index in [2.05, 4.69) is 25.6 Å². The first-order chi connectivity index (χ1) is 10.2. The first-order valence-electron chi connectivity index (χ1n) is 6.43. The van der Waals surface area contributed by atoms with Gasteiger partial charge in [0.2, 0.25) is 0 Å². The number of thiophene rings is 1. The van der Waals surface area contributed by atoms with Crippen molar-refractivity contribution in [1.82, 2.24) is 30.3 Å². The second kappa shape index (κ2) is 5.88. The summed E-state index contributed by atoms with van der Waals surface area (Å²) in [6, 6.07) is 3.72. The molecule has 0 unspecified atom stereocenters. The Morgan fingerprint density at radius 2 is 2.43 bits per heavy atom. The minimum atomic E-state index is -0.175. The van der Waals surface area contributed by atoms with Crippen LogP contribution in [-0.2, 0) is 13.5 Å². The molecule has 3 rings (SSSR count). The lowest BCUT2D eigenvalue weighted by Crippen LogP contribution is -2.26. The van der Waals surface area contributed by atoms with E-state index >= 15 is 0 Å². The number of nitrogens with zero attached hydrogens (tertiary/aromatic N) is 4. The van der Waals surface area contributed by atoms with Gasteiger partial charge in [0.25, 0.3) is 5.91 Å². The summed E-state index contributed by atoms with van der Waals surface area (Å²) < 4.78 is 1.69. The predicted octanol–water partition coefficient (Wildman–Crippen LogP) is 1.24. The van der Waals surface area contributed by atoms with Crippen molar-refractivity contribution in [2.45, 2.75) is 6.42 Å². The molecule has 3 heterocycles. The van der Waals surface area contributed by atoms with Crippen molar-refractivity contribution >= 4 is 17.2 Å². The number of aryl methyl sites for hydroxylation is 1. The maximum absolute atomic E-state index is 12.0. The van der Waals surface area contributed by atoms with Gasteiger partial charge in [-0.15, -0.1) is 0 Å². The van der Waals surface area contributed by atoms with Crippen molar-refractivity contribution in [3.8, 4) is 11.3 Å². The van der Waals surface area contributed by atoms with E-state index < -0.39 is 0 Å². The van der Waals surface area contributed by atoms with E-state index in [1.807, 2.05) is 23.9 Å². The molecular weight excluding hydrogens is 288 g/mol. The number of carbonyl (C=O) groups excluding carboxylic acids is 1. The standard InChI is InChI=1S/C13H14N6OS/c1-19-12(15-8-16-19)2-4-14-13(20)11-6-10(17-18-11)9-3-5-21-7-9/h3,5-8H,2,4H2,1H3,(H,14,20)(H,17,18). The number of H-pyrrole nitrogens is 1. The van der Waals surface area contributed by atoms with Crippen LogP contribution in [0, 0.1) is 0 Å². The smallest absolute Gasteiger partial charge is 0.269 e. The molecule has 0 aliphatic rings. The Bertz CT molecular complexity index is 730. The van der Waals surface area contributed by atoms with Crippen LogP contribution in [-0.4, -0.2) is 37.4 Å². The molecule has 1 amide bonds. The van der Waals surface area contributed by atoms with Crippen LogP contribution >= 0.6 is 11.3 Å². The third-order valence-corrected chi connectivity index (χ3v) is 3.76. The van der Waals surface area contributed by atoms with Crippen LogP contribution in [0.4, 0.5) is 0 Å². The molecule has 0 aliphatic heterocycles. The molecule has 2 N–H and O–H groups in total. The van der Waals surface area contributed by atoms with Gasteiger partial charge in [-0.2, -0.15) is 21.5 Å². The number of amides is 1. The molecule has 0 aromatic carbocycles. The van der Waals surface area contributed by atoms with Crippen LogP contribution in [0.15, 0.2) is 29.2 Å². The molecule has 8 heteroatoms. The van der Waals surface area contributed by atoms with Gasteiger partial charge in [-0.3, -0.25) is 14.6 Å². The van der Waals surface area contributed by atoms with Crippen LogP contribution in [0.1, 0.15) is 16.3 Å². The lowest BCUT2D eigenvalue weighted by Gasteiger charge is -2.02. The van der Waals surface area contributed by atoms with Crippen molar-refractivity contribution < 1.29 is 4.79 Å². The Kier molecular flexibility index (Phi) is 3.78. The normalized spacial score (nSPS) is 10.7. The first-order valence-corrected chi connectivity index (χ1v) is 7.37. The summed E-state index contributed by atoms with van der Waals surface area (Å²) in [5.74, 6) is 0.657. The Hall–Kier alpha value is -2.48. The first kappa shape index (κ1) is 13.5. The van der Waals surface area contributed by atoms with Gasteiger partial charge in [-0.1, -0.05) is 0 Å². The van der Waals surface area contributed by atoms with Gasteiger partial charge in [-0.05, 0) is 17.5 Å². The molecule has 0 radical (unpaired) electrons. The van der Waals surface area contributed by atoms with Crippen LogP contribution < -0.4 is 5.32 Å². The van der Waals surface area contributed by atoms with Crippen molar-refractivity contribution in [3.05, 3.63) is 40.7 Å². The molecule has 0 spiro atoms. The maximum atomic E-state index is 12.0. The molecule has 0 atom stereocenters. The minimum Gasteiger partial charge on any atom is -0.350 e. The molecule has 0 saturated heterocycles. The van der Waals surface area contributed by atoms with Crippen molar-refractivity contribution in [2.24, 2.45) is 7.05 Å². The second-order valence-corrected chi connectivity index (χ2v) is 5.26. The summed E-state index contributed by atoms with van der Waals surface area (Å²) in [6.45, 7) is 0.498. The highest BCUT2D eigenvalue weighted by molar-refractivity contribution is 7.08. The lowest BCUT2D eigenvalue weighted by atomic mass is 10.2. The zero-order valence-corrected chi connectivity index (χ0v) is 12.2. The predicted molar refractivity (Wildman–Crippen MR) is 78.9 cm³/mol. The van der Waals surface area contributed by atoms with Gasteiger partial charge in [0.15, 0.2) is 0 Å². The minimum absolute atomic E-state index is 0.175. The van der Waals surface area contributed by atoms with Gasteiger partial charge in [0.05, 0.1) is 5.69 Å². The summed E-state index contributed by atoms with van der Waals surface area (Å²) in [5, 5.41) is 17.7. The quantitative estimate of drug-likeness (QED) is 0.742. The number of hydrogen-bond donors (Lipinski definition) is 2. The fraction of sp³-hybridized carbons (Fsp3) is 0.231. The molecule has 108 valence electrons. The monoisotopic (exact) mass is 302 g/mol. The summed E-state index contributed by atoms with van der Waals surface area (Å²) in [5.41, 5.74) is 2.23. The molecule has 0 saturated carbocycles. The lowest BCUT2D eigenvalue weighted by molar-refractivity contribution is 0.0949. The number of nitrogens with one attached hydrogen (secondary N) is 2. The summed E-state index contributed by atoms with van der Waals surface area (Å²) >= 11 is 1.60. The topological polar surface area (TPSA) is 88.5 Å². The van der Waals surface area contributed by atoms with Gasteiger partial charge >= 0.3 is 0 Å². The molecule has 7 nitrogen and oxygen atoms in total. The highest BCUT2D eigenvalue weighted by Gasteiger charge is 2.11. The van der Waals surface area contributed by atoms with E-state index in [0.29, 0.717) is 18.7 Å². The largest absolute Gasteiger partial charge is 0.350 e. The number of aromatic nitrogens is 5. The zero-order chi connectivity index (χ0) is 14.7. The van der Waals surface area contributed by atoms with E-state index in [-0.39, 0.29) is 5.91 Å². The molecule has 0 fully saturated rings. The van der Waals surface area contributed by atoms with E-state index in [4.69, 9.17) is 0 Å². The Labute approximate surface area is 125 Å². The molecule has 0 aliphatic carbocycles. The Morgan fingerprint density at radius 1 is 1.52 bits per heavy atom. The van der Waals surface area contributed by atoms with Crippen molar-refractivity contribution in [2.75, 3.05) is 6.54 Å². The average Bonchev–Trinajstić information content (AvgIpc) is 3.19.